The van der Waals surface area contributed by atoms with Gasteiger partial charge in [-0.05, 0) is 51.9 Å². The standard InChI is InChI=1S/C38H21N3S/c1-2-10-22(11-3-1)37-27-14-6-7-17-28(27)39-38(40-37)41-29-18-8-15-25-23-12-4-5-13-24(23)26-16-9-19-31-34(26)36-32(42-31)21-20-30(41)35(36)33(25)29/h1-21H. The zero-order valence-corrected chi connectivity index (χ0v) is 23.2. The van der Waals surface area contributed by atoms with E-state index in [9.17, 15) is 0 Å². The number of rotatable bonds is 2. The molecule has 0 amide bonds. The van der Waals surface area contributed by atoms with E-state index in [0.717, 1.165) is 33.2 Å². The number of hydrogen-bond acceptors (Lipinski definition) is 3. The van der Waals surface area contributed by atoms with E-state index < -0.39 is 0 Å². The molecule has 0 aliphatic rings. The average molecular weight is 552 g/mol. The van der Waals surface area contributed by atoms with Crippen LogP contribution in [0.4, 0.5) is 0 Å². The molecule has 4 heteroatoms. The van der Waals surface area contributed by atoms with Gasteiger partial charge < -0.3 is 0 Å². The van der Waals surface area contributed by atoms with E-state index in [4.69, 9.17) is 9.97 Å². The van der Waals surface area contributed by atoms with Crippen LogP contribution in [0.5, 0.6) is 0 Å². The molecule has 3 nitrogen and oxygen atoms in total. The molecular formula is C38H21N3S. The molecule has 0 saturated heterocycles. The maximum absolute atomic E-state index is 5.31. The van der Waals surface area contributed by atoms with Gasteiger partial charge in [0.2, 0.25) is 5.95 Å². The molecule has 0 unspecified atom stereocenters. The Morgan fingerprint density at radius 2 is 1.07 bits per heavy atom. The molecule has 0 aliphatic carbocycles. The number of fused-ring (bicyclic) bond motifs is 4. The van der Waals surface area contributed by atoms with Crippen molar-refractivity contribution in [2.45, 2.75) is 0 Å². The second kappa shape index (κ2) is 8.12. The number of aromatic nitrogens is 3. The summed E-state index contributed by atoms with van der Waals surface area (Å²) in [4.78, 5) is 10.5. The Balaban J connectivity index is 1.47. The lowest BCUT2D eigenvalue weighted by molar-refractivity contribution is 1.01. The van der Waals surface area contributed by atoms with Crippen molar-refractivity contribution in [2.75, 3.05) is 0 Å². The van der Waals surface area contributed by atoms with Gasteiger partial charge in [0.05, 0.1) is 22.2 Å². The Bertz CT molecular complexity index is 2680. The van der Waals surface area contributed by atoms with E-state index in [-0.39, 0.29) is 0 Å². The first-order valence-electron chi connectivity index (χ1n) is 14.2. The topological polar surface area (TPSA) is 30.7 Å². The fraction of sp³-hybridized carbons (Fsp3) is 0. The fourth-order valence-electron chi connectivity index (χ4n) is 7.05. The van der Waals surface area contributed by atoms with Crippen molar-refractivity contribution in [3.63, 3.8) is 0 Å². The third-order valence-corrected chi connectivity index (χ3v) is 9.88. The predicted octanol–water partition coefficient (Wildman–Crippen LogP) is 10.5. The third-order valence-electron chi connectivity index (χ3n) is 8.76. The molecule has 3 aromatic heterocycles. The molecule has 10 aromatic rings. The first kappa shape index (κ1) is 22.4. The van der Waals surface area contributed by atoms with Gasteiger partial charge in [-0.25, -0.2) is 9.97 Å². The van der Waals surface area contributed by atoms with Crippen LogP contribution >= 0.6 is 11.3 Å². The highest BCUT2D eigenvalue weighted by molar-refractivity contribution is 7.26. The first-order chi connectivity index (χ1) is 20.8. The van der Waals surface area contributed by atoms with E-state index in [1.807, 2.05) is 17.4 Å². The summed E-state index contributed by atoms with van der Waals surface area (Å²) in [5.41, 5.74) is 5.22. The smallest absolute Gasteiger partial charge is 0.235 e. The second-order valence-corrected chi connectivity index (χ2v) is 12.0. The lowest BCUT2D eigenvalue weighted by atomic mass is 9.95. The number of nitrogens with zero attached hydrogens (tertiary/aromatic N) is 3. The van der Waals surface area contributed by atoms with Gasteiger partial charge in [0, 0.05) is 41.9 Å². The summed E-state index contributed by atoms with van der Waals surface area (Å²) in [5.74, 6) is 0.691. The van der Waals surface area contributed by atoms with Gasteiger partial charge >= 0.3 is 0 Å². The van der Waals surface area contributed by atoms with Crippen LogP contribution in [0.15, 0.2) is 127 Å². The molecule has 194 valence electrons. The van der Waals surface area contributed by atoms with Crippen molar-refractivity contribution in [2.24, 2.45) is 0 Å². The van der Waals surface area contributed by atoms with Gasteiger partial charge in [-0.15, -0.1) is 11.3 Å². The molecule has 0 spiro atoms. The lowest BCUT2D eigenvalue weighted by Gasteiger charge is -2.11. The summed E-state index contributed by atoms with van der Waals surface area (Å²) < 4.78 is 4.91. The van der Waals surface area contributed by atoms with Gasteiger partial charge in [-0.2, -0.15) is 0 Å². The highest BCUT2D eigenvalue weighted by Crippen LogP contribution is 2.48. The van der Waals surface area contributed by atoms with Crippen LogP contribution in [0.2, 0.25) is 0 Å². The number of para-hydroxylation sites is 1. The Hall–Kier alpha value is -5.32. The van der Waals surface area contributed by atoms with E-state index in [1.165, 1.54) is 52.5 Å². The second-order valence-electron chi connectivity index (χ2n) is 10.9. The third kappa shape index (κ3) is 2.84. The summed E-state index contributed by atoms with van der Waals surface area (Å²) in [6.07, 6.45) is 0. The average Bonchev–Trinajstić information content (AvgIpc) is 3.60. The molecule has 0 bridgehead atoms. The Morgan fingerprint density at radius 1 is 0.429 bits per heavy atom. The Kier molecular flexibility index (Phi) is 4.33. The quantitative estimate of drug-likeness (QED) is 0.214. The van der Waals surface area contributed by atoms with Gasteiger partial charge in [0.15, 0.2) is 0 Å². The van der Waals surface area contributed by atoms with Crippen molar-refractivity contribution in [3.05, 3.63) is 127 Å². The van der Waals surface area contributed by atoms with Crippen molar-refractivity contribution in [1.82, 2.24) is 14.5 Å². The monoisotopic (exact) mass is 551 g/mol. The van der Waals surface area contributed by atoms with E-state index >= 15 is 0 Å². The van der Waals surface area contributed by atoms with Crippen LogP contribution in [0.25, 0.3) is 91.6 Å². The van der Waals surface area contributed by atoms with Crippen LogP contribution in [-0.2, 0) is 0 Å². The van der Waals surface area contributed by atoms with Crippen molar-refractivity contribution in [3.8, 4) is 17.2 Å². The highest BCUT2D eigenvalue weighted by Gasteiger charge is 2.23. The molecule has 0 saturated carbocycles. The molecule has 42 heavy (non-hydrogen) atoms. The van der Waals surface area contributed by atoms with E-state index in [2.05, 4.69) is 126 Å². The zero-order chi connectivity index (χ0) is 27.4. The van der Waals surface area contributed by atoms with Crippen molar-refractivity contribution < 1.29 is 0 Å². The van der Waals surface area contributed by atoms with Crippen LogP contribution in [0.1, 0.15) is 0 Å². The molecule has 3 heterocycles. The fourth-order valence-corrected chi connectivity index (χ4v) is 8.19. The molecule has 0 aliphatic heterocycles. The van der Waals surface area contributed by atoms with E-state index in [1.54, 1.807) is 0 Å². The van der Waals surface area contributed by atoms with Crippen LogP contribution < -0.4 is 0 Å². The number of thiophene rings is 1. The number of benzene rings is 6. The van der Waals surface area contributed by atoms with Gasteiger partial charge in [-0.1, -0.05) is 97.1 Å². The van der Waals surface area contributed by atoms with Gasteiger partial charge in [-0.3, -0.25) is 4.57 Å². The zero-order valence-electron chi connectivity index (χ0n) is 22.4. The molecule has 0 atom stereocenters. The molecule has 0 radical (unpaired) electrons. The van der Waals surface area contributed by atoms with Crippen LogP contribution in [0.3, 0.4) is 0 Å². The minimum atomic E-state index is 0.691. The maximum Gasteiger partial charge on any atom is 0.235 e. The minimum Gasteiger partial charge on any atom is -0.278 e. The van der Waals surface area contributed by atoms with Gasteiger partial charge in [0.25, 0.3) is 0 Å². The summed E-state index contributed by atoms with van der Waals surface area (Å²) in [7, 11) is 0. The van der Waals surface area contributed by atoms with Crippen LogP contribution in [0, 0.1) is 0 Å². The summed E-state index contributed by atoms with van der Waals surface area (Å²) in [6, 6.07) is 45.6. The Morgan fingerprint density at radius 3 is 1.90 bits per heavy atom. The molecule has 10 rings (SSSR count). The number of hydrogen-bond donors (Lipinski definition) is 0. The summed E-state index contributed by atoms with van der Waals surface area (Å²) in [5, 5.41) is 11.3. The first-order valence-corrected chi connectivity index (χ1v) is 15.0. The largest absolute Gasteiger partial charge is 0.278 e. The minimum absolute atomic E-state index is 0.691. The maximum atomic E-state index is 5.31. The van der Waals surface area contributed by atoms with Crippen molar-refractivity contribution >= 4 is 85.8 Å². The van der Waals surface area contributed by atoms with Crippen LogP contribution in [-0.4, -0.2) is 14.5 Å². The summed E-state index contributed by atoms with van der Waals surface area (Å²) in [6.45, 7) is 0. The summed E-state index contributed by atoms with van der Waals surface area (Å²) >= 11 is 1.88. The van der Waals surface area contributed by atoms with Crippen molar-refractivity contribution in [1.29, 1.82) is 0 Å². The SMILES string of the molecule is c1ccc(-c2nc(-n3c4cccc5c6ccccc6c6cccc7sc8ccc3c(c8c76)c54)nc3ccccc23)cc1. The highest BCUT2D eigenvalue weighted by atomic mass is 32.1. The predicted molar refractivity (Wildman–Crippen MR) is 178 cm³/mol. The lowest BCUT2D eigenvalue weighted by Crippen LogP contribution is -2.03. The van der Waals surface area contributed by atoms with Gasteiger partial charge in [0.1, 0.15) is 0 Å². The molecular weight excluding hydrogens is 531 g/mol. The molecule has 0 fully saturated rings. The Labute approximate surface area is 244 Å². The normalized spacial score (nSPS) is 12.3. The van der Waals surface area contributed by atoms with E-state index in [0.29, 0.717) is 5.95 Å². The molecule has 0 N–H and O–H groups in total. The molecule has 7 aromatic carbocycles.